The fraction of sp³-hybridized carbons (Fsp3) is 0.222. The van der Waals surface area contributed by atoms with E-state index >= 15 is 0 Å². The Labute approximate surface area is 152 Å². The van der Waals surface area contributed by atoms with Gasteiger partial charge in [0, 0.05) is 18.7 Å². The van der Waals surface area contributed by atoms with Gasteiger partial charge in [-0.05, 0) is 37.1 Å². The molecule has 138 valence electrons. The molecule has 2 aromatic carbocycles. The summed E-state index contributed by atoms with van der Waals surface area (Å²) in [5.74, 6) is -2.26. The molecule has 2 aliphatic rings. The molecule has 9 heteroatoms. The van der Waals surface area contributed by atoms with Gasteiger partial charge >= 0.3 is 11.7 Å². The average molecular weight is 371 g/mol. The second-order valence-corrected chi connectivity index (χ2v) is 6.33. The number of ether oxygens (including phenoxy) is 1. The van der Waals surface area contributed by atoms with Gasteiger partial charge in [-0.2, -0.15) is 0 Å². The number of nitrogens with one attached hydrogen (secondary N) is 1. The molecule has 0 aromatic heterocycles. The molecule has 1 fully saturated rings. The molecule has 1 atom stereocenters. The summed E-state index contributed by atoms with van der Waals surface area (Å²) in [6, 6.07) is 7.09. The van der Waals surface area contributed by atoms with Crippen molar-refractivity contribution in [2.24, 2.45) is 0 Å². The second kappa shape index (κ2) is 6.35. The van der Waals surface area contributed by atoms with Crippen LogP contribution in [0.5, 0.6) is 5.75 Å². The summed E-state index contributed by atoms with van der Waals surface area (Å²) in [5.41, 5.74) is 0.855. The molecule has 2 aromatic rings. The highest BCUT2D eigenvalue weighted by Gasteiger charge is 2.36. The maximum atomic E-state index is 13.4. The molecule has 1 N–H and O–H groups in total. The number of hydrogen-bond donors (Lipinski definition) is 1. The SMILES string of the molecule is O=C(Oc1cc(F)ccc1[N+](=O)[O-])c1ccc2c(c1)NC(=O)[C@H]1CCCN21. The number of carbonyl (C=O) groups is 2. The zero-order valence-corrected chi connectivity index (χ0v) is 14.0. The normalized spacial score (nSPS) is 17.7. The lowest BCUT2D eigenvalue weighted by molar-refractivity contribution is -0.385. The molecular formula is C18H14FN3O5. The first-order valence-electron chi connectivity index (χ1n) is 8.32. The lowest BCUT2D eigenvalue weighted by Crippen LogP contribution is -2.43. The van der Waals surface area contributed by atoms with Gasteiger partial charge in [-0.25, -0.2) is 9.18 Å². The monoisotopic (exact) mass is 371 g/mol. The largest absolute Gasteiger partial charge is 0.415 e. The number of benzene rings is 2. The first-order chi connectivity index (χ1) is 12.9. The van der Waals surface area contributed by atoms with Gasteiger partial charge in [-0.1, -0.05) is 0 Å². The molecule has 1 amide bonds. The summed E-state index contributed by atoms with van der Waals surface area (Å²) in [4.78, 5) is 36.8. The number of nitro groups is 1. The van der Waals surface area contributed by atoms with Crippen LogP contribution >= 0.6 is 0 Å². The maximum absolute atomic E-state index is 13.4. The van der Waals surface area contributed by atoms with Crippen LogP contribution in [-0.2, 0) is 4.79 Å². The number of rotatable bonds is 3. The predicted octanol–water partition coefficient (Wildman–Crippen LogP) is 2.87. The van der Waals surface area contributed by atoms with Crippen molar-refractivity contribution in [3.63, 3.8) is 0 Å². The molecule has 2 aliphatic heterocycles. The summed E-state index contributed by atoms with van der Waals surface area (Å²) in [6.07, 6.45) is 1.68. The van der Waals surface area contributed by atoms with Crippen molar-refractivity contribution < 1.29 is 23.6 Å². The highest BCUT2D eigenvalue weighted by atomic mass is 19.1. The number of amides is 1. The van der Waals surface area contributed by atoms with Crippen LogP contribution < -0.4 is 15.0 Å². The van der Waals surface area contributed by atoms with Crippen molar-refractivity contribution in [3.05, 3.63) is 57.9 Å². The van der Waals surface area contributed by atoms with Crippen molar-refractivity contribution in [2.45, 2.75) is 18.9 Å². The van der Waals surface area contributed by atoms with E-state index in [1.807, 2.05) is 4.90 Å². The molecule has 0 unspecified atom stereocenters. The lowest BCUT2D eigenvalue weighted by Gasteiger charge is -2.33. The first kappa shape index (κ1) is 17.0. The van der Waals surface area contributed by atoms with Crippen LogP contribution in [0, 0.1) is 15.9 Å². The van der Waals surface area contributed by atoms with Gasteiger partial charge in [-0.3, -0.25) is 14.9 Å². The number of carbonyl (C=O) groups excluding carboxylic acids is 2. The van der Waals surface area contributed by atoms with Gasteiger partial charge in [0.2, 0.25) is 11.7 Å². The summed E-state index contributed by atoms with van der Waals surface area (Å²) >= 11 is 0. The smallest absolute Gasteiger partial charge is 0.343 e. The summed E-state index contributed by atoms with van der Waals surface area (Å²) in [6.45, 7) is 0.754. The zero-order chi connectivity index (χ0) is 19.1. The van der Waals surface area contributed by atoms with Gasteiger partial charge in [0.15, 0.2) is 0 Å². The minimum atomic E-state index is -0.885. The molecule has 2 heterocycles. The maximum Gasteiger partial charge on any atom is 0.343 e. The Morgan fingerprint density at radius 2 is 2.11 bits per heavy atom. The zero-order valence-electron chi connectivity index (χ0n) is 14.0. The molecule has 0 aliphatic carbocycles. The molecule has 0 bridgehead atoms. The Hall–Kier alpha value is -3.49. The highest BCUT2D eigenvalue weighted by Crippen LogP contribution is 2.37. The average Bonchev–Trinajstić information content (AvgIpc) is 3.11. The van der Waals surface area contributed by atoms with Crippen LogP contribution in [0.2, 0.25) is 0 Å². The van der Waals surface area contributed by atoms with E-state index in [0.29, 0.717) is 5.69 Å². The Morgan fingerprint density at radius 1 is 1.30 bits per heavy atom. The van der Waals surface area contributed by atoms with Crippen molar-refractivity contribution in [1.29, 1.82) is 0 Å². The number of esters is 1. The Bertz CT molecular complexity index is 977. The fourth-order valence-electron chi connectivity index (χ4n) is 3.44. The number of halogens is 1. The molecule has 8 nitrogen and oxygen atoms in total. The number of nitro benzene ring substituents is 1. The van der Waals surface area contributed by atoms with E-state index in [4.69, 9.17) is 4.74 Å². The quantitative estimate of drug-likeness (QED) is 0.385. The Balaban J connectivity index is 1.63. The van der Waals surface area contributed by atoms with Crippen molar-refractivity contribution in [2.75, 3.05) is 16.8 Å². The van der Waals surface area contributed by atoms with Crippen LogP contribution in [0.4, 0.5) is 21.5 Å². The molecule has 0 saturated carbocycles. The van der Waals surface area contributed by atoms with E-state index in [-0.39, 0.29) is 17.5 Å². The molecule has 27 heavy (non-hydrogen) atoms. The van der Waals surface area contributed by atoms with Gasteiger partial charge < -0.3 is 15.0 Å². The molecule has 4 rings (SSSR count). The lowest BCUT2D eigenvalue weighted by atomic mass is 10.1. The summed E-state index contributed by atoms with van der Waals surface area (Å²) in [5, 5.41) is 13.8. The van der Waals surface area contributed by atoms with E-state index in [2.05, 4.69) is 5.32 Å². The molecule has 0 spiro atoms. The summed E-state index contributed by atoms with van der Waals surface area (Å²) in [7, 11) is 0. The molecule has 0 radical (unpaired) electrons. The third-order valence-corrected chi connectivity index (χ3v) is 4.68. The predicted molar refractivity (Wildman–Crippen MR) is 93.5 cm³/mol. The van der Waals surface area contributed by atoms with Crippen molar-refractivity contribution in [3.8, 4) is 5.75 Å². The number of hydrogen-bond acceptors (Lipinski definition) is 6. The van der Waals surface area contributed by atoms with Crippen LogP contribution in [0.1, 0.15) is 23.2 Å². The Kier molecular flexibility index (Phi) is 3.98. The third kappa shape index (κ3) is 2.97. The van der Waals surface area contributed by atoms with Gasteiger partial charge in [0.05, 0.1) is 21.9 Å². The van der Waals surface area contributed by atoms with Crippen LogP contribution in [0.25, 0.3) is 0 Å². The van der Waals surface area contributed by atoms with Crippen molar-refractivity contribution >= 4 is 28.9 Å². The number of nitrogens with zero attached hydrogens (tertiary/aromatic N) is 2. The molecular weight excluding hydrogens is 357 g/mol. The van der Waals surface area contributed by atoms with Crippen LogP contribution in [-0.4, -0.2) is 29.4 Å². The minimum Gasteiger partial charge on any atom is -0.415 e. The van der Waals surface area contributed by atoms with Gasteiger partial charge in [0.1, 0.15) is 11.9 Å². The first-order valence-corrected chi connectivity index (χ1v) is 8.32. The topological polar surface area (TPSA) is 102 Å². The van der Waals surface area contributed by atoms with Gasteiger partial charge in [0.25, 0.3) is 0 Å². The second-order valence-electron chi connectivity index (χ2n) is 6.33. The van der Waals surface area contributed by atoms with E-state index in [9.17, 15) is 24.1 Å². The minimum absolute atomic E-state index is 0.0882. The van der Waals surface area contributed by atoms with E-state index in [1.54, 1.807) is 6.07 Å². The van der Waals surface area contributed by atoms with Crippen LogP contribution in [0.3, 0.4) is 0 Å². The van der Waals surface area contributed by atoms with Gasteiger partial charge in [-0.15, -0.1) is 0 Å². The van der Waals surface area contributed by atoms with E-state index in [1.165, 1.54) is 12.1 Å². The summed E-state index contributed by atoms with van der Waals surface area (Å²) < 4.78 is 18.4. The van der Waals surface area contributed by atoms with Crippen molar-refractivity contribution in [1.82, 2.24) is 0 Å². The third-order valence-electron chi connectivity index (χ3n) is 4.68. The Morgan fingerprint density at radius 3 is 2.89 bits per heavy atom. The molecule has 1 saturated heterocycles. The number of fused-ring (bicyclic) bond motifs is 3. The van der Waals surface area contributed by atoms with E-state index in [0.717, 1.165) is 43.3 Å². The van der Waals surface area contributed by atoms with Crippen LogP contribution in [0.15, 0.2) is 36.4 Å². The van der Waals surface area contributed by atoms with E-state index < -0.39 is 28.1 Å². The number of anilines is 2. The highest BCUT2D eigenvalue weighted by molar-refractivity contribution is 6.05. The standard InChI is InChI=1S/C18H14FN3O5/c19-11-4-6-14(22(25)26)16(9-11)27-18(24)10-3-5-13-12(8-10)20-17(23)15-2-1-7-21(13)15/h3-6,8-9,15H,1-2,7H2,(H,20,23)/t15-/m1/s1. The fourth-order valence-corrected chi connectivity index (χ4v) is 3.44.